The van der Waals surface area contributed by atoms with Crippen LogP contribution in [0.5, 0.6) is 0 Å². The van der Waals surface area contributed by atoms with Gasteiger partial charge in [-0.2, -0.15) is 0 Å². The van der Waals surface area contributed by atoms with Gasteiger partial charge in [0.1, 0.15) is 0 Å². The monoisotopic (exact) mass is 436 g/mol. The van der Waals surface area contributed by atoms with Gasteiger partial charge in [0.25, 0.3) is 0 Å². The minimum Gasteiger partial charge on any atom is -0.466 e. The van der Waals surface area contributed by atoms with Crippen molar-refractivity contribution in [3.63, 3.8) is 0 Å². The number of carbonyl (C=O) groups excluding carboxylic acids is 3. The Hall–Kier alpha value is -3.81. The van der Waals surface area contributed by atoms with Gasteiger partial charge in [-0.1, -0.05) is 49.4 Å². The third-order valence-electron chi connectivity index (χ3n) is 5.22. The highest BCUT2D eigenvalue weighted by Crippen LogP contribution is 2.32. The number of amides is 4. The molecule has 0 aliphatic carbocycles. The van der Waals surface area contributed by atoms with Crippen molar-refractivity contribution in [1.82, 2.24) is 15.5 Å². The van der Waals surface area contributed by atoms with Gasteiger partial charge in [-0.15, -0.1) is 0 Å². The number of carbonyl (C=O) groups is 3. The van der Waals surface area contributed by atoms with E-state index in [0.717, 1.165) is 12.0 Å². The summed E-state index contributed by atoms with van der Waals surface area (Å²) in [6.45, 7) is 4.59. The van der Waals surface area contributed by atoms with Crippen molar-refractivity contribution < 1.29 is 19.1 Å². The second kappa shape index (κ2) is 10.5. The van der Waals surface area contributed by atoms with Crippen molar-refractivity contribution in [3.05, 3.63) is 77.0 Å². The van der Waals surface area contributed by atoms with Gasteiger partial charge < -0.3 is 20.7 Å². The number of methoxy groups -OCH3 is 1. The normalized spacial score (nSPS) is 15.8. The molecule has 0 aromatic heterocycles. The molecule has 2 aromatic carbocycles. The Balaban J connectivity index is 1.80. The van der Waals surface area contributed by atoms with Crippen LogP contribution in [0.25, 0.3) is 0 Å². The van der Waals surface area contributed by atoms with Crippen LogP contribution in [0, 0.1) is 0 Å². The molecule has 8 nitrogen and oxygen atoms in total. The number of nitrogens with zero attached hydrogens (tertiary/aromatic N) is 1. The van der Waals surface area contributed by atoms with E-state index in [-0.39, 0.29) is 12.1 Å². The predicted octanol–water partition coefficient (Wildman–Crippen LogP) is 3.93. The first-order valence-corrected chi connectivity index (χ1v) is 10.5. The molecule has 1 aliphatic rings. The van der Waals surface area contributed by atoms with Gasteiger partial charge in [0.2, 0.25) is 0 Å². The molecule has 3 rings (SSSR count). The molecule has 0 bridgehead atoms. The Morgan fingerprint density at radius 1 is 1.12 bits per heavy atom. The summed E-state index contributed by atoms with van der Waals surface area (Å²) in [4.78, 5) is 39.1. The van der Waals surface area contributed by atoms with Crippen molar-refractivity contribution in [3.8, 4) is 0 Å². The van der Waals surface area contributed by atoms with E-state index in [1.807, 2.05) is 37.3 Å². The number of anilines is 1. The third kappa shape index (κ3) is 5.26. The molecule has 4 amide bonds. The van der Waals surface area contributed by atoms with E-state index in [1.165, 1.54) is 7.11 Å². The van der Waals surface area contributed by atoms with Crippen LogP contribution in [0.15, 0.2) is 65.9 Å². The third-order valence-corrected chi connectivity index (χ3v) is 5.22. The van der Waals surface area contributed by atoms with Gasteiger partial charge in [-0.25, -0.2) is 14.4 Å². The Bertz CT molecular complexity index is 1020. The van der Waals surface area contributed by atoms with Crippen molar-refractivity contribution in [2.24, 2.45) is 0 Å². The summed E-state index contributed by atoms with van der Waals surface area (Å²) >= 11 is 0. The van der Waals surface area contributed by atoms with E-state index in [2.05, 4.69) is 16.0 Å². The van der Waals surface area contributed by atoms with Crippen LogP contribution in [-0.4, -0.2) is 36.6 Å². The lowest BCUT2D eigenvalue weighted by Gasteiger charge is -2.35. The summed E-state index contributed by atoms with van der Waals surface area (Å²) in [7, 11) is 1.31. The minimum atomic E-state index is -0.683. The van der Waals surface area contributed by atoms with Gasteiger partial charge in [0.05, 0.1) is 18.7 Å². The zero-order chi connectivity index (χ0) is 23.1. The molecular formula is C24H28N4O4. The lowest BCUT2D eigenvalue weighted by atomic mass is 9.94. The number of benzene rings is 2. The van der Waals surface area contributed by atoms with Gasteiger partial charge in [-0.3, -0.25) is 4.90 Å². The maximum atomic E-state index is 12.7. The highest BCUT2D eigenvalue weighted by atomic mass is 16.5. The molecule has 0 fully saturated rings. The predicted molar refractivity (Wildman–Crippen MR) is 122 cm³/mol. The topological polar surface area (TPSA) is 99.8 Å². The summed E-state index contributed by atoms with van der Waals surface area (Å²) in [6, 6.07) is 15.3. The number of nitrogens with one attached hydrogen (secondary N) is 3. The molecule has 3 N–H and O–H groups in total. The quantitative estimate of drug-likeness (QED) is 0.573. The Labute approximate surface area is 187 Å². The number of hydrogen-bond donors (Lipinski definition) is 3. The number of esters is 1. The first kappa shape index (κ1) is 22.9. The summed E-state index contributed by atoms with van der Waals surface area (Å²) in [5, 5.41) is 8.49. The smallest absolute Gasteiger partial charge is 0.337 e. The van der Waals surface area contributed by atoms with Crippen LogP contribution in [-0.2, 0) is 16.1 Å². The number of rotatable bonds is 7. The molecule has 0 saturated heterocycles. The fraction of sp³-hybridized carbons (Fsp3) is 0.292. The van der Waals surface area contributed by atoms with E-state index >= 15 is 0 Å². The van der Waals surface area contributed by atoms with Crippen LogP contribution >= 0.6 is 0 Å². The Kier molecular flexibility index (Phi) is 7.49. The van der Waals surface area contributed by atoms with E-state index in [4.69, 9.17) is 4.74 Å². The molecule has 1 aliphatic heterocycles. The average molecular weight is 437 g/mol. The molecule has 0 saturated carbocycles. The van der Waals surface area contributed by atoms with Gasteiger partial charge in [-0.05, 0) is 36.6 Å². The Morgan fingerprint density at radius 2 is 1.88 bits per heavy atom. The van der Waals surface area contributed by atoms with E-state index in [9.17, 15) is 14.4 Å². The van der Waals surface area contributed by atoms with Crippen LogP contribution in [0.4, 0.5) is 15.3 Å². The molecule has 1 heterocycles. The van der Waals surface area contributed by atoms with E-state index in [1.54, 1.807) is 36.1 Å². The summed E-state index contributed by atoms with van der Waals surface area (Å²) < 4.78 is 4.99. The molecule has 2 aromatic rings. The molecule has 0 spiro atoms. The first-order chi connectivity index (χ1) is 15.4. The minimum absolute atomic E-state index is 0.277. The lowest BCUT2D eigenvalue weighted by Crippen LogP contribution is -2.48. The van der Waals surface area contributed by atoms with Crippen molar-refractivity contribution in [1.29, 1.82) is 0 Å². The van der Waals surface area contributed by atoms with Crippen molar-refractivity contribution in [2.75, 3.05) is 19.0 Å². The summed E-state index contributed by atoms with van der Waals surface area (Å²) in [5.41, 5.74) is 3.12. The van der Waals surface area contributed by atoms with Gasteiger partial charge in [0, 0.05) is 24.5 Å². The fourth-order valence-electron chi connectivity index (χ4n) is 3.65. The molecule has 0 unspecified atom stereocenters. The number of urea groups is 2. The maximum Gasteiger partial charge on any atom is 0.337 e. The van der Waals surface area contributed by atoms with Crippen molar-refractivity contribution >= 4 is 23.7 Å². The van der Waals surface area contributed by atoms with Crippen LogP contribution in [0.3, 0.4) is 0 Å². The molecule has 8 heteroatoms. The number of ether oxygens (including phenoxy) is 1. The second-order valence-electron chi connectivity index (χ2n) is 7.44. The lowest BCUT2D eigenvalue weighted by molar-refractivity contribution is -0.136. The highest BCUT2D eigenvalue weighted by Gasteiger charge is 2.35. The Morgan fingerprint density at radius 3 is 2.56 bits per heavy atom. The van der Waals surface area contributed by atoms with Crippen LogP contribution in [0.1, 0.15) is 37.4 Å². The zero-order valence-electron chi connectivity index (χ0n) is 18.5. The van der Waals surface area contributed by atoms with Crippen LogP contribution in [0.2, 0.25) is 0 Å². The molecular weight excluding hydrogens is 408 g/mol. The number of allylic oxidation sites excluding steroid dienone is 1. The molecule has 1 atom stereocenters. The zero-order valence-corrected chi connectivity index (χ0v) is 18.5. The molecule has 32 heavy (non-hydrogen) atoms. The van der Waals surface area contributed by atoms with E-state index < -0.39 is 12.0 Å². The summed E-state index contributed by atoms with van der Waals surface area (Å²) in [6.07, 6.45) is 0.751. The fourth-order valence-corrected chi connectivity index (χ4v) is 3.65. The summed E-state index contributed by atoms with van der Waals surface area (Å²) in [5.74, 6) is -0.507. The standard InChI is InChI=1S/C24H28N4O4/c1-4-13-28-16(2)20(22(29)32-3)21(27-24(28)31)18-11-8-12-19(14-18)26-23(30)25-15-17-9-6-5-7-10-17/h5-12,14,21H,4,13,15H2,1-3H3,(H,27,31)(H2,25,26,30)/t21-/m0/s1. The molecule has 168 valence electrons. The SMILES string of the molecule is CCCN1C(=O)N[C@@H](c2cccc(NC(=O)NCc3ccccc3)c2)C(C(=O)OC)=C1C. The van der Waals surface area contributed by atoms with E-state index in [0.29, 0.717) is 35.6 Å². The van der Waals surface area contributed by atoms with Crippen LogP contribution < -0.4 is 16.0 Å². The van der Waals surface area contributed by atoms with Gasteiger partial charge >= 0.3 is 18.0 Å². The number of hydrogen-bond acceptors (Lipinski definition) is 4. The second-order valence-corrected chi connectivity index (χ2v) is 7.44. The highest BCUT2D eigenvalue weighted by molar-refractivity contribution is 5.95. The van der Waals surface area contributed by atoms with Gasteiger partial charge in [0.15, 0.2) is 0 Å². The largest absolute Gasteiger partial charge is 0.466 e. The maximum absolute atomic E-state index is 12.7. The average Bonchev–Trinajstić information content (AvgIpc) is 2.80. The van der Waals surface area contributed by atoms with Crippen molar-refractivity contribution in [2.45, 2.75) is 32.9 Å². The first-order valence-electron chi connectivity index (χ1n) is 10.5. The molecule has 0 radical (unpaired) electrons.